The Bertz CT molecular complexity index is 519. The fourth-order valence-corrected chi connectivity index (χ4v) is 2.51. The highest BCUT2D eigenvalue weighted by Gasteiger charge is 2.13. The van der Waals surface area contributed by atoms with E-state index in [1.807, 2.05) is 6.92 Å². The lowest BCUT2D eigenvalue weighted by molar-refractivity contribution is 0.487. The molecule has 0 aliphatic rings. The molecule has 1 rings (SSSR count). The topological polar surface area (TPSA) is 58.5 Å². The van der Waals surface area contributed by atoms with Gasteiger partial charge in [0, 0.05) is 6.21 Å². The van der Waals surface area contributed by atoms with Gasteiger partial charge >= 0.3 is 0 Å². The van der Waals surface area contributed by atoms with Crippen LogP contribution in [-0.2, 0) is 10.0 Å². The summed E-state index contributed by atoms with van der Waals surface area (Å²) in [6, 6.07) is 6.68. The first-order valence-corrected chi connectivity index (χ1v) is 7.96. The Kier molecular flexibility index (Phi) is 5.54. The standard InChI is InChI=1S/C14H22N2O2S/c1-5-13(11(2)3)10-15-16-19(17,18)14-8-6-12(4)7-9-14/h6-11,13,16H,5H2,1-4H3/b15-10-. The van der Waals surface area contributed by atoms with Crippen molar-refractivity contribution in [3.05, 3.63) is 29.8 Å². The molecule has 0 spiro atoms. The van der Waals surface area contributed by atoms with E-state index in [1.165, 1.54) is 0 Å². The summed E-state index contributed by atoms with van der Waals surface area (Å²) < 4.78 is 23.9. The molecule has 1 aromatic rings. The molecule has 1 aromatic carbocycles. The zero-order valence-corrected chi connectivity index (χ0v) is 12.7. The van der Waals surface area contributed by atoms with Crippen molar-refractivity contribution in [3.63, 3.8) is 0 Å². The highest BCUT2D eigenvalue weighted by molar-refractivity contribution is 7.89. The predicted molar refractivity (Wildman–Crippen MR) is 78.6 cm³/mol. The third-order valence-electron chi connectivity index (χ3n) is 3.10. The largest absolute Gasteiger partial charge is 0.276 e. The van der Waals surface area contributed by atoms with Gasteiger partial charge in [0.25, 0.3) is 10.0 Å². The van der Waals surface area contributed by atoms with Gasteiger partial charge in [0.2, 0.25) is 0 Å². The van der Waals surface area contributed by atoms with Gasteiger partial charge in [-0.2, -0.15) is 13.5 Å². The summed E-state index contributed by atoms with van der Waals surface area (Å²) in [4.78, 5) is 2.49. The minimum Gasteiger partial charge on any atom is -0.200 e. The van der Waals surface area contributed by atoms with Gasteiger partial charge in [0.15, 0.2) is 0 Å². The molecule has 0 saturated heterocycles. The van der Waals surface area contributed by atoms with Crippen molar-refractivity contribution in [2.75, 3.05) is 0 Å². The van der Waals surface area contributed by atoms with Gasteiger partial charge in [-0.25, -0.2) is 4.83 Å². The van der Waals surface area contributed by atoms with Crippen molar-refractivity contribution in [1.29, 1.82) is 0 Å². The summed E-state index contributed by atoms with van der Waals surface area (Å²) in [5.74, 6) is 0.721. The summed E-state index contributed by atoms with van der Waals surface area (Å²) in [5, 5.41) is 3.87. The average Bonchev–Trinajstić information content (AvgIpc) is 2.34. The molecule has 106 valence electrons. The second-order valence-electron chi connectivity index (χ2n) is 5.00. The van der Waals surface area contributed by atoms with Crippen molar-refractivity contribution >= 4 is 16.2 Å². The Morgan fingerprint density at radius 1 is 1.26 bits per heavy atom. The Labute approximate surface area is 116 Å². The van der Waals surface area contributed by atoms with Gasteiger partial charge in [-0.3, -0.25) is 0 Å². The SMILES string of the molecule is CCC(/C=N\NS(=O)(=O)c1ccc(C)cc1)C(C)C. The number of rotatable bonds is 6. The quantitative estimate of drug-likeness (QED) is 0.644. The second kappa shape index (κ2) is 6.70. The third kappa shape index (κ3) is 4.67. The van der Waals surface area contributed by atoms with Crippen LogP contribution in [0.4, 0.5) is 0 Å². The van der Waals surface area contributed by atoms with Crippen LogP contribution < -0.4 is 4.83 Å². The molecule has 0 amide bonds. The number of benzene rings is 1. The van der Waals surface area contributed by atoms with Gasteiger partial charge < -0.3 is 0 Å². The molecule has 0 heterocycles. The molecule has 1 N–H and O–H groups in total. The minimum atomic E-state index is -3.55. The Balaban J connectivity index is 2.75. The van der Waals surface area contributed by atoms with E-state index in [0.717, 1.165) is 12.0 Å². The molecule has 19 heavy (non-hydrogen) atoms. The van der Waals surface area contributed by atoms with Gasteiger partial charge in [-0.05, 0) is 37.3 Å². The zero-order chi connectivity index (χ0) is 14.5. The predicted octanol–water partition coefficient (Wildman–Crippen LogP) is 2.94. The van der Waals surface area contributed by atoms with Crippen LogP contribution in [0.5, 0.6) is 0 Å². The maximum Gasteiger partial charge on any atom is 0.276 e. The van der Waals surface area contributed by atoms with E-state index in [4.69, 9.17) is 0 Å². The van der Waals surface area contributed by atoms with Crippen molar-refractivity contribution < 1.29 is 8.42 Å². The van der Waals surface area contributed by atoms with Crippen molar-refractivity contribution in [2.45, 2.75) is 39.0 Å². The van der Waals surface area contributed by atoms with Gasteiger partial charge in [-0.15, -0.1) is 0 Å². The fraction of sp³-hybridized carbons (Fsp3) is 0.500. The van der Waals surface area contributed by atoms with Crippen LogP contribution in [0.25, 0.3) is 0 Å². The smallest absolute Gasteiger partial charge is 0.200 e. The molecular weight excluding hydrogens is 260 g/mol. The highest BCUT2D eigenvalue weighted by atomic mass is 32.2. The molecule has 0 fully saturated rings. The molecule has 1 unspecified atom stereocenters. The Hall–Kier alpha value is -1.36. The number of hydrazone groups is 1. The molecule has 0 aliphatic heterocycles. The Morgan fingerprint density at radius 2 is 1.84 bits per heavy atom. The Morgan fingerprint density at radius 3 is 2.32 bits per heavy atom. The summed E-state index contributed by atoms with van der Waals surface area (Å²) in [7, 11) is -3.55. The molecule has 1 atom stereocenters. The van der Waals surface area contributed by atoms with Crippen LogP contribution in [0.2, 0.25) is 0 Å². The number of hydrogen-bond acceptors (Lipinski definition) is 3. The molecule has 0 aliphatic carbocycles. The monoisotopic (exact) mass is 282 g/mol. The van der Waals surface area contributed by atoms with E-state index >= 15 is 0 Å². The first-order valence-electron chi connectivity index (χ1n) is 6.48. The molecular formula is C14H22N2O2S. The van der Waals surface area contributed by atoms with Gasteiger partial charge in [-0.1, -0.05) is 38.5 Å². The fourth-order valence-electron chi connectivity index (χ4n) is 1.71. The number of nitrogens with zero attached hydrogens (tertiary/aromatic N) is 1. The minimum absolute atomic E-state index is 0.229. The maximum absolute atomic E-state index is 12.0. The van der Waals surface area contributed by atoms with Crippen LogP contribution >= 0.6 is 0 Å². The van der Waals surface area contributed by atoms with E-state index in [-0.39, 0.29) is 10.8 Å². The molecule has 0 aromatic heterocycles. The average molecular weight is 282 g/mol. The van der Waals surface area contributed by atoms with E-state index in [0.29, 0.717) is 5.92 Å². The van der Waals surface area contributed by atoms with E-state index in [2.05, 4.69) is 30.7 Å². The maximum atomic E-state index is 12.0. The van der Waals surface area contributed by atoms with Gasteiger partial charge in [0.05, 0.1) is 4.90 Å². The first-order chi connectivity index (χ1) is 8.86. The van der Waals surface area contributed by atoms with Crippen LogP contribution in [-0.4, -0.2) is 14.6 Å². The lowest BCUT2D eigenvalue weighted by Gasteiger charge is -2.13. The van der Waals surface area contributed by atoms with Crippen LogP contribution in [0.3, 0.4) is 0 Å². The number of nitrogens with one attached hydrogen (secondary N) is 1. The zero-order valence-electron chi connectivity index (χ0n) is 11.9. The normalized spacial score (nSPS) is 13.9. The summed E-state index contributed by atoms with van der Waals surface area (Å²) in [6.45, 7) is 8.16. The highest BCUT2D eigenvalue weighted by Crippen LogP contribution is 2.12. The van der Waals surface area contributed by atoms with Crippen LogP contribution in [0, 0.1) is 18.8 Å². The molecule has 0 saturated carbocycles. The molecule has 0 radical (unpaired) electrons. The summed E-state index contributed by atoms with van der Waals surface area (Å²) in [5.41, 5.74) is 1.02. The summed E-state index contributed by atoms with van der Waals surface area (Å²) in [6.07, 6.45) is 2.61. The molecule has 0 bridgehead atoms. The number of sulfonamides is 1. The van der Waals surface area contributed by atoms with E-state index < -0.39 is 10.0 Å². The second-order valence-corrected chi connectivity index (χ2v) is 6.66. The third-order valence-corrected chi connectivity index (χ3v) is 4.34. The number of aryl methyl sites for hydroxylation is 1. The molecule has 4 nitrogen and oxygen atoms in total. The van der Waals surface area contributed by atoms with E-state index in [1.54, 1.807) is 30.5 Å². The van der Waals surface area contributed by atoms with Crippen molar-refractivity contribution in [2.24, 2.45) is 16.9 Å². The van der Waals surface area contributed by atoms with Crippen LogP contribution in [0.1, 0.15) is 32.8 Å². The number of hydrogen-bond donors (Lipinski definition) is 1. The first kappa shape index (κ1) is 15.7. The van der Waals surface area contributed by atoms with Crippen molar-refractivity contribution in [1.82, 2.24) is 4.83 Å². The van der Waals surface area contributed by atoms with Crippen molar-refractivity contribution in [3.8, 4) is 0 Å². The van der Waals surface area contributed by atoms with Gasteiger partial charge in [0.1, 0.15) is 0 Å². The lowest BCUT2D eigenvalue weighted by Crippen LogP contribution is -2.20. The van der Waals surface area contributed by atoms with Crippen LogP contribution in [0.15, 0.2) is 34.3 Å². The lowest BCUT2D eigenvalue weighted by atomic mass is 9.95. The summed E-state index contributed by atoms with van der Waals surface area (Å²) >= 11 is 0. The molecule has 5 heteroatoms. The van der Waals surface area contributed by atoms with E-state index in [9.17, 15) is 8.42 Å².